The summed E-state index contributed by atoms with van der Waals surface area (Å²) in [6.45, 7) is 8.32. The molecule has 0 saturated carbocycles. The van der Waals surface area contributed by atoms with Crippen molar-refractivity contribution >= 4 is 11.6 Å². The topological polar surface area (TPSA) is 66.1 Å². The van der Waals surface area contributed by atoms with Crippen molar-refractivity contribution in [3.8, 4) is 0 Å². The fourth-order valence-corrected chi connectivity index (χ4v) is 3.08. The Morgan fingerprint density at radius 1 is 1.12 bits per heavy atom. The molecular weight excluding hydrogens is 314 g/mol. The Labute approximate surface area is 150 Å². The highest BCUT2D eigenvalue weighted by molar-refractivity contribution is 5.77. The van der Waals surface area contributed by atoms with Gasteiger partial charge in [0, 0.05) is 38.4 Å². The molecule has 2 heterocycles. The molecule has 0 unspecified atom stereocenters. The van der Waals surface area contributed by atoms with Gasteiger partial charge in [0.1, 0.15) is 0 Å². The third-order valence-corrected chi connectivity index (χ3v) is 4.61. The molecule has 0 radical (unpaired) electrons. The first-order chi connectivity index (χ1) is 12.3. The summed E-state index contributed by atoms with van der Waals surface area (Å²) in [5.41, 5.74) is 8.39. The van der Waals surface area contributed by atoms with E-state index in [1.54, 1.807) is 0 Å². The van der Waals surface area contributed by atoms with E-state index in [4.69, 9.17) is 10.5 Å². The minimum Gasteiger partial charge on any atom is -0.379 e. The van der Waals surface area contributed by atoms with Gasteiger partial charge >= 0.3 is 0 Å². The number of nitrogens with zero attached hydrogens (tertiary/aromatic N) is 3. The molecule has 2 aliphatic rings. The number of morpholine rings is 1. The van der Waals surface area contributed by atoms with Crippen LogP contribution in [0.1, 0.15) is 12.0 Å². The van der Waals surface area contributed by atoms with Crippen molar-refractivity contribution in [2.75, 3.05) is 57.4 Å². The first-order valence-corrected chi connectivity index (χ1v) is 9.14. The van der Waals surface area contributed by atoms with Gasteiger partial charge in [-0.1, -0.05) is 24.3 Å². The van der Waals surface area contributed by atoms with E-state index < -0.39 is 0 Å². The average molecular weight is 343 g/mol. The van der Waals surface area contributed by atoms with Crippen LogP contribution in [0.15, 0.2) is 41.4 Å². The van der Waals surface area contributed by atoms with Gasteiger partial charge < -0.3 is 20.7 Å². The van der Waals surface area contributed by atoms with Gasteiger partial charge in [0.2, 0.25) is 0 Å². The van der Waals surface area contributed by atoms with Gasteiger partial charge in [0.25, 0.3) is 0 Å². The van der Waals surface area contributed by atoms with Crippen LogP contribution in [0, 0.1) is 0 Å². The Morgan fingerprint density at radius 3 is 2.56 bits per heavy atom. The van der Waals surface area contributed by atoms with Crippen molar-refractivity contribution in [2.24, 2.45) is 10.7 Å². The normalized spacial score (nSPS) is 18.7. The fraction of sp³-hybridized carbons (Fsp3) is 0.526. The molecule has 2 aliphatic heterocycles. The lowest BCUT2D eigenvalue weighted by atomic mass is 10.2. The quantitative estimate of drug-likeness (QED) is 0.337. The average Bonchev–Trinajstić information content (AvgIpc) is 3.20. The molecular formula is C19H29N5O. The maximum Gasteiger partial charge on any atom is 0.188 e. The van der Waals surface area contributed by atoms with Crippen LogP contribution in [-0.2, 0) is 11.3 Å². The van der Waals surface area contributed by atoms with Gasteiger partial charge in [0.15, 0.2) is 5.96 Å². The number of anilines is 1. The van der Waals surface area contributed by atoms with E-state index in [0.29, 0.717) is 12.5 Å². The highest BCUT2D eigenvalue weighted by atomic mass is 16.5. The standard InChI is InChI=1S/C19H29N5O/c20-19(21-8-3-9-23-12-14-25-15-13-23)22-16-17-4-6-18(7-5-17)24-10-1-2-11-24/h1-2,4-7H,3,8-16H2,(H3,20,21,22). The number of aliphatic imine (C=N–C) groups is 1. The van der Waals surface area contributed by atoms with Crippen LogP contribution < -0.4 is 16.0 Å². The van der Waals surface area contributed by atoms with E-state index in [0.717, 1.165) is 58.9 Å². The summed E-state index contributed by atoms with van der Waals surface area (Å²) in [5, 5.41) is 3.20. The van der Waals surface area contributed by atoms with Crippen LogP contribution in [0.4, 0.5) is 5.69 Å². The molecule has 6 nitrogen and oxygen atoms in total. The van der Waals surface area contributed by atoms with E-state index >= 15 is 0 Å². The van der Waals surface area contributed by atoms with Gasteiger partial charge in [-0.2, -0.15) is 0 Å². The molecule has 1 fully saturated rings. The molecule has 6 heteroatoms. The summed E-state index contributed by atoms with van der Waals surface area (Å²) >= 11 is 0. The van der Waals surface area contributed by atoms with E-state index in [-0.39, 0.29) is 0 Å². The predicted octanol–water partition coefficient (Wildman–Crippen LogP) is 1.19. The van der Waals surface area contributed by atoms with Gasteiger partial charge in [-0.25, -0.2) is 4.99 Å². The zero-order valence-electron chi connectivity index (χ0n) is 14.9. The maximum absolute atomic E-state index is 5.96. The van der Waals surface area contributed by atoms with E-state index in [1.165, 1.54) is 11.3 Å². The lowest BCUT2D eigenvalue weighted by Crippen LogP contribution is -2.39. The molecule has 3 N–H and O–H groups in total. The Morgan fingerprint density at radius 2 is 1.84 bits per heavy atom. The van der Waals surface area contributed by atoms with Crippen molar-refractivity contribution in [3.05, 3.63) is 42.0 Å². The Hall–Kier alpha value is -2.05. The van der Waals surface area contributed by atoms with Crippen molar-refractivity contribution < 1.29 is 4.74 Å². The van der Waals surface area contributed by atoms with Gasteiger partial charge in [-0.3, -0.25) is 4.90 Å². The monoisotopic (exact) mass is 343 g/mol. The minimum absolute atomic E-state index is 0.523. The molecule has 0 amide bonds. The molecule has 0 aliphatic carbocycles. The van der Waals surface area contributed by atoms with E-state index in [2.05, 4.69) is 56.5 Å². The summed E-state index contributed by atoms with van der Waals surface area (Å²) in [5.74, 6) is 0.523. The van der Waals surface area contributed by atoms with Crippen LogP contribution >= 0.6 is 0 Å². The first-order valence-electron chi connectivity index (χ1n) is 9.14. The number of ether oxygens (including phenoxy) is 1. The molecule has 0 aromatic heterocycles. The molecule has 3 rings (SSSR count). The number of nitrogens with two attached hydrogens (primary N) is 1. The maximum atomic E-state index is 5.96. The fourth-order valence-electron chi connectivity index (χ4n) is 3.08. The molecule has 1 aromatic carbocycles. The number of hydrogen-bond acceptors (Lipinski definition) is 4. The zero-order valence-corrected chi connectivity index (χ0v) is 14.9. The molecule has 0 spiro atoms. The van der Waals surface area contributed by atoms with Gasteiger partial charge in [-0.15, -0.1) is 0 Å². The lowest BCUT2D eigenvalue weighted by Gasteiger charge is -2.26. The van der Waals surface area contributed by atoms with Crippen LogP contribution in [0.3, 0.4) is 0 Å². The smallest absolute Gasteiger partial charge is 0.188 e. The Kier molecular flexibility index (Phi) is 6.71. The van der Waals surface area contributed by atoms with Gasteiger partial charge in [-0.05, 0) is 30.7 Å². The second-order valence-corrected chi connectivity index (χ2v) is 6.48. The molecule has 0 atom stereocenters. The second-order valence-electron chi connectivity index (χ2n) is 6.48. The van der Waals surface area contributed by atoms with Gasteiger partial charge in [0.05, 0.1) is 19.8 Å². The van der Waals surface area contributed by atoms with Crippen molar-refractivity contribution in [1.82, 2.24) is 10.2 Å². The molecule has 1 aromatic rings. The van der Waals surface area contributed by atoms with Crippen molar-refractivity contribution in [2.45, 2.75) is 13.0 Å². The van der Waals surface area contributed by atoms with Crippen molar-refractivity contribution in [1.29, 1.82) is 0 Å². The largest absolute Gasteiger partial charge is 0.379 e. The summed E-state index contributed by atoms with van der Waals surface area (Å²) < 4.78 is 5.35. The lowest BCUT2D eigenvalue weighted by molar-refractivity contribution is 0.0376. The van der Waals surface area contributed by atoms with Crippen molar-refractivity contribution in [3.63, 3.8) is 0 Å². The van der Waals surface area contributed by atoms with Crippen LogP contribution in [0.2, 0.25) is 0 Å². The Balaban J connectivity index is 1.34. The SMILES string of the molecule is NC(=NCc1ccc(N2CC=CC2)cc1)NCCCN1CCOCC1. The third-order valence-electron chi connectivity index (χ3n) is 4.61. The van der Waals surface area contributed by atoms with E-state index in [9.17, 15) is 0 Å². The number of hydrogen-bond donors (Lipinski definition) is 2. The summed E-state index contributed by atoms with van der Waals surface area (Å²) in [7, 11) is 0. The molecule has 1 saturated heterocycles. The van der Waals surface area contributed by atoms with Crippen LogP contribution in [-0.4, -0.2) is 63.3 Å². The first kappa shape index (κ1) is 17.8. The third kappa shape index (κ3) is 5.76. The highest BCUT2D eigenvalue weighted by Crippen LogP contribution is 2.17. The van der Waals surface area contributed by atoms with Crippen LogP contribution in [0.25, 0.3) is 0 Å². The number of guanidine groups is 1. The summed E-state index contributed by atoms with van der Waals surface area (Å²) in [6, 6.07) is 8.57. The summed E-state index contributed by atoms with van der Waals surface area (Å²) in [4.78, 5) is 9.19. The number of rotatable bonds is 7. The number of nitrogens with one attached hydrogen (secondary N) is 1. The number of benzene rings is 1. The van der Waals surface area contributed by atoms with E-state index in [1.807, 2.05) is 0 Å². The van der Waals surface area contributed by atoms with Crippen LogP contribution in [0.5, 0.6) is 0 Å². The zero-order chi connectivity index (χ0) is 17.3. The molecule has 0 bridgehead atoms. The molecule has 136 valence electrons. The Bertz CT molecular complexity index is 570. The second kappa shape index (κ2) is 9.44. The predicted molar refractivity (Wildman–Crippen MR) is 103 cm³/mol. The molecule has 25 heavy (non-hydrogen) atoms. The minimum atomic E-state index is 0.523. The summed E-state index contributed by atoms with van der Waals surface area (Å²) in [6.07, 6.45) is 5.46. The highest BCUT2D eigenvalue weighted by Gasteiger charge is 2.09.